The highest BCUT2D eigenvalue weighted by atomic mass is 19.1. The number of carbonyl (C=O) groups excluding carboxylic acids is 2. The molecule has 1 amide bonds. The van der Waals surface area contributed by atoms with E-state index in [1.807, 2.05) is 4.90 Å². The van der Waals surface area contributed by atoms with Crippen molar-refractivity contribution >= 4 is 39.5 Å². The van der Waals surface area contributed by atoms with E-state index < -0.39 is 35.0 Å². The Morgan fingerprint density at radius 3 is 2.63 bits per heavy atom. The molecule has 1 atom stereocenters. The van der Waals surface area contributed by atoms with E-state index in [0.29, 0.717) is 54.0 Å². The number of amides is 1. The predicted octanol–water partition coefficient (Wildman–Crippen LogP) is 1.83. The third-order valence-electron chi connectivity index (χ3n) is 8.09. The van der Waals surface area contributed by atoms with Crippen LogP contribution in [0.25, 0.3) is 27.6 Å². The monoisotopic (exact) mass is 627 g/mol. The van der Waals surface area contributed by atoms with Crippen LogP contribution in [0.4, 0.5) is 10.1 Å². The Balaban J connectivity index is 1.35. The fourth-order valence-corrected chi connectivity index (χ4v) is 5.78. The molecule has 0 bridgehead atoms. The Morgan fingerprint density at radius 1 is 1.11 bits per heavy atom. The largest absolute Gasteiger partial charge is 0.467 e. The van der Waals surface area contributed by atoms with Gasteiger partial charge in [-0.05, 0) is 42.3 Å². The Morgan fingerprint density at radius 2 is 1.89 bits per heavy atom. The predicted molar refractivity (Wildman–Crippen MR) is 167 cm³/mol. The van der Waals surface area contributed by atoms with Gasteiger partial charge in [0.05, 0.1) is 37.1 Å². The second-order valence-electron chi connectivity index (χ2n) is 10.9. The molecule has 5 aromatic rings. The lowest BCUT2D eigenvalue weighted by atomic mass is 9.99. The molecule has 0 radical (unpaired) electrons. The number of benzene rings is 2. The third-order valence-corrected chi connectivity index (χ3v) is 8.09. The summed E-state index contributed by atoms with van der Waals surface area (Å²) >= 11 is 0. The highest BCUT2D eigenvalue weighted by Gasteiger charge is 2.27. The first-order valence-electron chi connectivity index (χ1n) is 14.5. The molecule has 1 aliphatic rings. The molecule has 46 heavy (non-hydrogen) atoms. The highest BCUT2D eigenvalue weighted by Crippen LogP contribution is 2.26. The van der Waals surface area contributed by atoms with Gasteiger partial charge in [0.2, 0.25) is 0 Å². The molecular formula is C32H30FN7O6. The third kappa shape index (κ3) is 5.47. The summed E-state index contributed by atoms with van der Waals surface area (Å²) in [5.41, 5.74) is 0.913. The molecule has 0 aliphatic carbocycles. The molecule has 1 saturated heterocycles. The summed E-state index contributed by atoms with van der Waals surface area (Å²) in [6.07, 6.45) is 4.06. The number of anilines is 1. The van der Waals surface area contributed by atoms with Crippen molar-refractivity contribution in [1.29, 1.82) is 0 Å². The molecule has 0 unspecified atom stereocenters. The molecule has 1 aliphatic heterocycles. The van der Waals surface area contributed by atoms with Crippen LogP contribution in [-0.4, -0.2) is 75.4 Å². The standard InChI is InChI=1S/C32H30FN7O6/c1-18-13-20(39-9-11-46-12-10-39)15-23(33)26(18)29(41)37-24(31(43)45-3)14-19-6-7-25(27-21(19)5-4-8-35-27)40-30(42)22-16-34-17-36-28(22)38(2)32(40)44/h4-8,13,15-17,24H,9-12,14H2,1-3H3,(H,37,41)/t24-/m0/s1. The van der Waals surface area contributed by atoms with E-state index in [1.54, 1.807) is 37.3 Å². The number of rotatable bonds is 7. The first-order valence-corrected chi connectivity index (χ1v) is 14.5. The van der Waals surface area contributed by atoms with Crippen molar-refractivity contribution in [3.05, 3.63) is 98.5 Å². The normalized spacial score (nSPS) is 14.0. The second kappa shape index (κ2) is 12.5. The molecule has 3 aromatic heterocycles. The number of nitrogens with zero attached hydrogens (tertiary/aromatic N) is 6. The molecule has 1 fully saturated rings. The van der Waals surface area contributed by atoms with Crippen LogP contribution in [-0.2, 0) is 27.7 Å². The van der Waals surface area contributed by atoms with Crippen molar-refractivity contribution in [2.24, 2.45) is 7.05 Å². The highest BCUT2D eigenvalue weighted by molar-refractivity contribution is 5.99. The van der Waals surface area contributed by atoms with E-state index in [1.165, 1.54) is 43.5 Å². The van der Waals surface area contributed by atoms with Crippen molar-refractivity contribution < 1.29 is 23.5 Å². The fraction of sp³-hybridized carbons (Fsp3) is 0.281. The summed E-state index contributed by atoms with van der Waals surface area (Å²) in [5.74, 6) is -2.22. The van der Waals surface area contributed by atoms with E-state index >= 15 is 4.39 Å². The van der Waals surface area contributed by atoms with Crippen LogP contribution >= 0.6 is 0 Å². The Bertz CT molecular complexity index is 2100. The summed E-state index contributed by atoms with van der Waals surface area (Å²) in [7, 11) is 2.70. The van der Waals surface area contributed by atoms with Crippen molar-refractivity contribution in [3.63, 3.8) is 0 Å². The van der Waals surface area contributed by atoms with Gasteiger partial charge in [-0.15, -0.1) is 0 Å². The van der Waals surface area contributed by atoms with Crippen LogP contribution < -0.4 is 21.5 Å². The molecule has 0 saturated carbocycles. The van der Waals surface area contributed by atoms with Crippen molar-refractivity contribution in [2.45, 2.75) is 19.4 Å². The topological polar surface area (TPSA) is 151 Å². The number of hydrogen-bond donors (Lipinski definition) is 1. The quantitative estimate of drug-likeness (QED) is 0.265. The number of morpholine rings is 1. The molecule has 6 rings (SSSR count). The summed E-state index contributed by atoms with van der Waals surface area (Å²) in [6, 6.07) is 8.44. The van der Waals surface area contributed by atoms with Crippen LogP contribution in [0.2, 0.25) is 0 Å². The molecule has 0 spiro atoms. The molecule has 13 nitrogen and oxygen atoms in total. The van der Waals surface area contributed by atoms with Gasteiger partial charge in [-0.1, -0.05) is 12.1 Å². The fourth-order valence-electron chi connectivity index (χ4n) is 5.78. The molecule has 4 heterocycles. The van der Waals surface area contributed by atoms with Gasteiger partial charge in [-0.2, -0.15) is 0 Å². The van der Waals surface area contributed by atoms with Crippen LogP contribution in [0, 0.1) is 12.7 Å². The van der Waals surface area contributed by atoms with Gasteiger partial charge in [0.1, 0.15) is 23.6 Å². The van der Waals surface area contributed by atoms with Crippen LogP contribution in [0.1, 0.15) is 21.5 Å². The number of aryl methyl sites for hydroxylation is 2. The second-order valence-corrected chi connectivity index (χ2v) is 10.9. The minimum atomic E-state index is -1.20. The first-order chi connectivity index (χ1) is 22.2. The lowest BCUT2D eigenvalue weighted by molar-refractivity contribution is -0.142. The van der Waals surface area contributed by atoms with E-state index in [2.05, 4.69) is 20.3 Å². The zero-order chi connectivity index (χ0) is 32.5. The average Bonchev–Trinajstić information content (AvgIpc) is 3.07. The Hall–Kier alpha value is -5.50. The maximum atomic E-state index is 15.4. The lowest BCUT2D eigenvalue weighted by Crippen LogP contribution is -2.43. The minimum absolute atomic E-state index is 0.0497. The van der Waals surface area contributed by atoms with Gasteiger partial charge < -0.3 is 19.7 Å². The van der Waals surface area contributed by atoms with Gasteiger partial charge in [0.15, 0.2) is 5.65 Å². The summed E-state index contributed by atoms with van der Waals surface area (Å²) < 4.78 is 28.0. The van der Waals surface area contributed by atoms with Crippen molar-refractivity contribution in [2.75, 3.05) is 38.3 Å². The van der Waals surface area contributed by atoms with Crippen LogP contribution in [0.3, 0.4) is 0 Å². The number of nitrogens with one attached hydrogen (secondary N) is 1. The zero-order valence-corrected chi connectivity index (χ0v) is 25.3. The van der Waals surface area contributed by atoms with E-state index in [0.717, 1.165) is 4.57 Å². The van der Waals surface area contributed by atoms with E-state index in [-0.39, 0.29) is 28.7 Å². The maximum Gasteiger partial charge on any atom is 0.337 e. The van der Waals surface area contributed by atoms with E-state index in [9.17, 15) is 19.2 Å². The van der Waals surface area contributed by atoms with Gasteiger partial charge >= 0.3 is 11.7 Å². The Kier molecular flexibility index (Phi) is 8.28. The number of halogens is 1. The number of carbonyl (C=O) groups is 2. The minimum Gasteiger partial charge on any atom is -0.467 e. The van der Waals surface area contributed by atoms with Gasteiger partial charge in [0, 0.05) is 50.0 Å². The number of ether oxygens (including phenoxy) is 2. The number of fused-ring (bicyclic) bond motifs is 2. The average molecular weight is 628 g/mol. The zero-order valence-electron chi connectivity index (χ0n) is 25.3. The van der Waals surface area contributed by atoms with Crippen molar-refractivity contribution in [1.82, 2.24) is 29.4 Å². The molecule has 14 heteroatoms. The summed E-state index contributed by atoms with van der Waals surface area (Å²) in [4.78, 5) is 67.6. The van der Waals surface area contributed by atoms with Gasteiger partial charge in [0.25, 0.3) is 11.5 Å². The number of pyridine rings is 1. The van der Waals surface area contributed by atoms with Gasteiger partial charge in [-0.3, -0.25) is 19.1 Å². The number of esters is 1. The SMILES string of the molecule is COC(=O)[C@H](Cc1ccc(-n2c(=O)c3cncnc3n(C)c2=O)c2ncccc12)NC(=O)c1c(C)cc(N2CCOCC2)cc1F. The maximum absolute atomic E-state index is 15.4. The Labute approximate surface area is 261 Å². The number of aromatic nitrogens is 5. The summed E-state index contributed by atoms with van der Waals surface area (Å²) in [5, 5.41) is 3.31. The molecular weight excluding hydrogens is 597 g/mol. The smallest absolute Gasteiger partial charge is 0.337 e. The molecule has 2 aromatic carbocycles. The first kappa shape index (κ1) is 30.5. The van der Waals surface area contributed by atoms with Crippen LogP contribution in [0.15, 0.2) is 64.7 Å². The van der Waals surface area contributed by atoms with E-state index in [4.69, 9.17) is 9.47 Å². The van der Waals surface area contributed by atoms with Crippen molar-refractivity contribution in [3.8, 4) is 5.69 Å². The number of methoxy groups -OCH3 is 1. The lowest BCUT2D eigenvalue weighted by Gasteiger charge is -2.29. The van der Waals surface area contributed by atoms with Gasteiger partial charge in [-0.25, -0.2) is 28.5 Å². The molecule has 1 N–H and O–H groups in total. The number of hydrogen-bond acceptors (Lipinski definition) is 10. The van der Waals surface area contributed by atoms with Crippen LogP contribution in [0.5, 0.6) is 0 Å². The molecule has 236 valence electrons. The summed E-state index contributed by atoms with van der Waals surface area (Å²) in [6.45, 7) is 3.90.